The predicted molar refractivity (Wildman–Crippen MR) is 92.0 cm³/mol. The molecular formula is C18H18N4O2. The van der Waals surface area contributed by atoms with E-state index in [1.165, 1.54) is 4.57 Å². The Balaban J connectivity index is 1.62. The lowest BCUT2D eigenvalue weighted by Gasteiger charge is -2.10. The summed E-state index contributed by atoms with van der Waals surface area (Å²) in [4.78, 5) is 29.3. The van der Waals surface area contributed by atoms with Crippen molar-refractivity contribution in [3.63, 3.8) is 0 Å². The monoisotopic (exact) mass is 322 g/mol. The number of rotatable bonds is 4. The number of hydrogen-bond donors (Lipinski definition) is 1. The Kier molecular flexibility index (Phi) is 3.45. The van der Waals surface area contributed by atoms with Crippen molar-refractivity contribution in [1.29, 1.82) is 0 Å². The van der Waals surface area contributed by atoms with Gasteiger partial charge in [-0.05, 0) is 37.1 Å². The highest BCUT2D eigenvalue weighted by atomic mass is 16.2. The molecule has 0 radical (unpaired) electrons. The normalized spacial score (nSPS) is 14.0. The van der Waals surface area contributed by atoms with Crippen molar-refractivity contribution in [2.75, 3.05) is 5.32 Å². The summed E-state index contributed by atoms with van der Waals surface area (Å²) in [6, 6.07) is 11.1. The molecule has 24 heavy (non-hydrogen) atoms. The molecule has 1 aliphatic carbocycles. The molecule has 2 aromatic heterocycles. The van der Waals surface area contributed by atoms with E-state index in [0.717, 1.165) is 35.3 Å². The van der Waals surface area contributed by atoms with Crippen LogP contribution in [0.1, 0.15) is 24.5 Å². The lowest BCUT2D eigenvalue weighted by atomic mass is 10.2. The van der Waals surface area contributed by atoms with E-state index < -0.39 is 0 Å². The van der Waals surface area contributed by atoms with Crippen molar-refractivity contribution in [3.05, 3.63) is 58.8 Å². The Hall–Kier alpha value is -2.89. The number of aromatic nitrogens is 3. The van der Waals surface area contributed by atoms with Crippen molar-refractivity contribution in [2.24, 2.45) is 7.05 Å². The van der Waals surface area contributed by atoms with Crippen LogP contribution in [0.3, 0.4) is 0 Å². The summed E-state index contributed by atoms with van der Waals surface area (Å²) in [5.74, 6) is 0.227. The van der Waals surface area contributed by atoms with Crippen LogP contribution in [0.5, 0.6) is 0 Å². The zero-order valence-corrected chi connectivity index (χ0v) is 13.4. The predicted octanol–water partition coefficient (Wildman–Crippen LogP) is 2.25. The molecule has 6 heteroatoms. The van der Waals surface area contributed by atoms with Gasteiger partial charge in [-0.1, -0.05) is 12.1 Å². The van der Waals surface area contributed by atoms with Gasteiger partial charge in [0, 0.05) is 19.2 Å². The number of benzene rings is 1. The molecule has 1 aliphatic rings. The first kappa shape index (κ1) is 14.7. The lowest BCUT2D eigenvalue weighted by molar-refractivity contribution is -0.116. The van der Waals surface area contributed by atoms with Crippen molar-refractivity contribution in [3.8, 4) is 0 Å². The van der Waals surface area contributed by atoms with Gasteiger partial charge in [0.05, 0.1) is 22.4 Å². The Labute approximate surface area is 138 Å². The van der Waals surface area contributed by atoms with Gasteiger partial charge in [-0.25, -0.2) is 4.79 Å². The van der Waals surface area contributed by atoms with Gasteiger partial charge in [0.15, 0.2) is 0 Å². The fourth-order valence-electron chi connectivity index (χ4n) is 3.05. The number of para-hydroxylation sites is 2. The Morgan fingerprint density at radius 2 is 1.96 bits per heavy atom. The molecule has 1 aromatic carbocycles. The first-order chi connectivity index (χ1) is 11.6. The van der Waals surface area contributed by atoms with Crippen LogP contribution in [0, 0.1) is 0 Å². The van der Waals surface area contributed by atoms with Crippen LogP contribution >= 0.6 is 0 Å². The minimum Gasteiger partial charge on any atom is -0.323 e. The number of pyridine rings is 1. The number of nitrogens with zero attached hydrogens (tertiary/aromatic N) is 3. The molecule has 1 fully saturated rings. The average molecular weight is 322 g/mol. The Morgan fingerprint density at radius 1 is 1.21 bits per heavy atom. The molecule has 0 atom stereocenters. The molecule has 4 rings (SSSR count). The molecule has 2 heterocycles. The maximum Gasteiger partial charge on any atom is 0.329 e. The molecule has 0 bridgehead atoms. The van der Waals surface area contributed by atoms with E-state index in [1.54, 1.807) is 17.8 Å². The first-order valence-electron chi connectivity index (χ1n) is 8.04. The second-order valence-corrected chi connectivity index (χ2v) is 6.18. The number of aryl methyl sites for hydroxylation is 1. The molecule has 0 saturated heterocycles. The Morgan fingerprint density at radius 3 is 2.71 bits per heavy atom. The minimum absolute atomic E-state index is 0.0147. The van der Waals surface area contributed by atoms with E-state index in [-0.39, 0.29) is 18.1 Å². The van der Waals surface area contributed by atoms with Gasteiger partial charge in [-0.3, -0.25) is 18.9 Å². The highest BCUT2D eigenvalue weighted by Gasteiger charge is 2.28. The summed E-state index contributed by atoms with van der Waals surface area (Å²) in [5.41, 5.74) is 3.07. The van der Waals surface area contributed by atoms with E-state index in [1.807, 2.05) is 36.4 Å². The number of amides is 1. The number of anilines is 1. The molecule has 6 nitrogen and oxygen atoms in total. The lowest BCUT2D eigenvalue weighted by Crippen LogP contribution is -2.28. The molecule has 0 spiro atoms. The van der Waals surface area contributed by atoms with Crippen LogP contribution in [0.25, 0.3) is 11.0 Å². The molecule has 3 aromatic rings. The number of fused-ring (bicyclic) bond motifs is 1. The molecule has 122 valence electrons. The van der Waals surface area contributed by atoms with Crippen LogP contribution in [0.15, 0.2) is 47.4 Å². The summed E-state index contributed by atoms with van der Waals surface area (Å²) in [6.07, 6.45) is 3.98. The molecule has 1 amide bonds. The van der Waals surface area contributed by atoms with Gasteiger partial charge >= 0.3 is 5.69 Å². The van der Waals surface area contributed by atoms with E-state index in [4.69, 9.17) is 0 Å². The third kappa shape index (κ3) is 2.50. The van der Waals surface area contributed by atoms with Crippen LogP contribution in [0.2, 0.25) is 0 Å². The fourth-order valence-corrected chi connectivity index (χ4v) is 3.05. The maximum atomic E-state index is 12.5. The third-order valence-electron chi connectivity index (χ3n) is 4.43. The summed E-state index contributed by atoms with van der Waals surface area (Å²) in [6.45, 7) is -0.0147. The molecular weight excluding hydrogens is 304 g/mol. The summed E-state index contributed by atoms with van der Waals surface area (Å²) >= 11 is 0. The quantitative estimate of drug-likeness (QED) is 0.801. The molecule has 1 N–H and O–H groups in total. The van der Waals surface area contributed by atoms with Gasteiger partial charge in [-0.2, -0.15) is 0 Å². The number of nitrogens with one attached hydrogen (secondary N) is 1. The van der Waals surface area contributed by atoms with Gasteiger partial charge in [0.25, 0.3) is 0 Å². The molecule has 0 unspecified atom stereocenters. The standard InChI is InChI=1S/C18H18N4O2/c1-21-14-6-2-3-7-15(14)22(18(21)24)11-16(23)20-13-5-4-10-19-17(13)12-8-9-12/h2-7,10,12H,8-9,11H2,1H3,(H,20,23). The van der Waals surface area contributed by atoms with Crippen molar-refractivity contribution in [1.82, 2.24) is 14.1 Å². The van der Waals surface area contributed by atoms with Crippen molar-refractivity contribution in [2.45, 2.75) is 25.3 Å². The number of carbonyl (C=O) groups excluding carboxylic acids is 1. The van der Waals surface area contributed by atoms with Gasteiger partial charge in [0.2, 0.25) is 5.91 Å². The first-order valence-corrected chi connectivity index (χ1v) is 8.04. The van der Waals surface area contributed by atoms with E-state index >= 15 is 0 Å². The smallest absolute Gasteiger partial charge is 0.323 e. The highest BCUT2D eigenvalue weighted by molar-refractivity contribution is 5.92. The van der Waals surface area contributed by atoms with Crippen LogP contribution in [-0.2, 0) is 18.4 Å². The summed E-state index contributed by atoms with van der Waals surface area (Å²) in [7, 11) is 1.71. The number of hydrogen-bond acceptors (Lipinski definition) is 3. The van der Waals surface area contributed by atoms with E-state index in [2.05, 4.69) is 10.3 Å². The number of imidazole rings is 1. The van der Waals surface area contributed by atoms with Crippen LogP contribution in [0.4, 0.5) is 5.69 Å². The van der Waals surface area contributed by atoms with Crippen LogP contribution < -0.4 is 11.0 Å². The fraction of sp³-hybridized carbons (Fsp3) is 0.278. The average Bonchev–Trinajstić information content (AvgIpc) is 3.41. The highest BCUT2D eigenvalue weighted by Crippen LogP contribution is 2.41. The Bertz CT molecular complexity index is 982. The third-order valence-corrected chi connectivity index (χ3v) is 4.43. The van der Waals surface area contributed by atoms with Gasteiger partial charge in [-0.15, -0.1) is 0 Å². The van der Waals surface area contributed by atoms with Crippen molar-refractivity contribution >= 4 is 22.6 Å². The summed E-state index contributed by atoms with van der Waals surface area (Å²) < 4.78 is 3.06. The van der Waals surface area contributed by atoms with Crippen LogP contribution in [-0.4, -0.2) is 20.0 Å². The summed E-state index contributed by atoms with van der Waals surface area (Å²) in [5, 5.41) is 2.91. The molecule has 0 aliphatic heterocycles. The zero-order valence-electron chi connectivity index (χ0n) is 13.4. The SMILES string of the molecule is Cn1c(=O)n(CC(=O)Nc2cccnc2C2CC2)c2ccccc21. The zero-order chi connectivity index (χ0) is 16.7. The number of carbonyl (C=O) groups is 1. The minimum atomic E-state index is -0.219. The van der Waals surface area contributed by atoms with E-state index in [9.17, 15) is 9.59 Å². The van der Waals surface area contributed by atoms with Gasteiger partial charge < -0.3 is 5.32 Å². The maximum absolute atomic E-state index is 12.5. The second-order valence-electron chi connectivity index (χ2n) is 6.18. The van der Waals surface area contributed by atoms with Gasteiger partial charge in [0.1, 0.15) is 6.54 Å². The topological polar surface area (TPSA) is 68.9 Å². The largest absolute Gasteiger partial charge is 0.329 e. The van der Waals surface area contributed by atoms with E-state index in [0.29, 0.717) is 5.92 Å². The second kappa shape index (κ2) is 5.63. The molecule has 1 saturated carbocycles. The van der Waals surface area contributed by atoms with Crippen molar-refractivity contribution < 1.29 is 4.79 Å².